The van der Waals surface area contributed by atoms with Crippen molar-refractivity contribution in [2.45, 2.75) is 37.9 Å². The molecule has 0 spiro atoms. The molecule has 6 nitrogen and oxygen atoms in total. The van der Waals surface area contributed by atoms with Gasteiger partial charge in [-0.2, -0.15) is 13.2 Å². The lowest BCUT2D eigenvalue weighted by atomic mass is 9.95. The van der Waals surface area contributed by atoms with Crippen LogP contribution in [-0.4, -0.2) is 78.4 Å². The van der Waals surface area contributed by atoms with Gasteiger partial charge in [-0.25, -0.2) is 0 Å². The van der Waals surface area contributed by atoms with Crippen LogP contribution in [0.1, 0.15) is 25.7 Å². The molecular formula is C15H22F3N3O3. The van der Waals surface area contributed by atoms with Crippen LogP contribution in [-0.2, 0) is 14.4 Å². The quantitative estimate of drug-likeness (QED) is 0.743. The first-order valence-electron chi connectivity index (χ1n) is 8.00. The summed E-state index contributed by atoms with van der Waals surface area (Å²) in [5, 5.41) is 0. The first-order chi connectivity index (χ1) is 11.1. The van der Waals surface area contributed by atoms with Gasteiger partial charge in [-0.1, -0.05) is 0 Å². The Morgan fingerprint density at radius 3 is 2.08 bits per heavy atom. The molecule has 0 aliphatic carbocycles. The maximum Gasteiger partial charge on any atom is 0.471 e. The molecule has 9 heteroatoms. The molecule has 136 valence electrons. The van der Waals surface area contributed by atoms with E-state index in [-0.39, 0.29) is 24.8 Å². The van der Waals surface area contributed by atoms with E-state index in [4.69, 9.17) is 0 Å². The molecule has 0 aromatic heterocycles. The second-order valence-corrected chi connectivity index (χ2v) is 6.49. The number of likely N-dealkylation sites (tertiary alicyclic amines) is 2. The van der Waals surface area contributed by atoms with Crippen LogP contribution in [0.3, 0.4) is 0 Å². The predicted octanol–water partition coefficient (Wildman–Crippen LogP) is 0.866. The predicted molar refractivity (Wildman–Crippen MR) is 78.8 cm³/mol. The Hall–Kier alpha value is -1.80. The van der Waals surface area contributed by atoms with Gasteiger partial charge in [0.05, 0.1) is 0 Å². The van der Waals surface area contributed by atoms with Crippen LogP contribution in [0.5, 0.6) is 0 Å². The summed E-state index contributed by atoms with van der Waals surface area (Å²) in [6.07, 6.45) is -3.36. The van der Waals surface area contributed by atoms with Gasteiger partial charge < -0.3 is 14.7 Å². The number of nitrogens with zero attached hydrogens (tertiary/aromatic N) is 3. The fourth-order valence-electron chi connectivity index (χ4n) is 3.35. The standard InChI is InChI=1S/C15H22F3N3O3/c1-19(2)12(22)10-5-8-20(9-6-10)13(23)11-4-3-7-21(11)14(24)15(16,17)18/h10-11H,3-9H2,1-2H3. The van der Waals surface area contributed by atoms with E-state index in [2.05, 4.69) is 0 Å². The van der Waals surface area contributed by atoms with Gasteiger partial charge in [-0.05, 0) is 25.7 Å². The van der Waals surface area contributed by atoms with E-state index in [9.17, 15) is 27.6 Å². The molecule has 1 atom stereocenters. The lowest BCUT2D eigenvalue weighted by molar-refractivity contribution is -0.187. The van der Waals surface area contributed by atoms with Crippen molar-refractivity contribution in [2.24, 2.45) is 5.92 Å². The van der Waals surface area contributed by atoms with Crippen LogP contribution in [0.2, 0.25) is 0 Å². The molecule has 2 rings (SSSR count). The molecule has 0 aromatic carbocycles. The number of rotatable bonds is 2. The van der Waals surface area contributed by atoms with Crippen molar-refractivity contribution in [1.29, 1.82) is 0 Å². The lowest BCUT2D eigenvalue weighted by Gasteiger charge is -2.35. The number of carbonyl (C=O) groups is 3. The molecule has 1 unspecified atom stereocenters. The maximum atomic E-state index is 12.6. The molecule has 0 aromatic rings. The van der Waals surface area contributed by atoms with Crippen LogP contribution in [0.15, 0.2) is 0 Å². The Bertz CT molecular complexity index is 514. The number of halogens is 3. The largest absolute Gasteiger partial charge is 0.471 e. The molecule has 2 fully saturated rings. The third kappa shape index (κ3) is 3.81. The van der Waals surface area contributed by atoms with Crippen molar-refractivity contribution < 1.29 is 27.6 Å². The van der Waals surface area contributed by atoms with Crippen LogP contribution in [0.25, 0.3) is 0 Å². The molecule has 24 heavy (non-hydrogen) atoms. The van der Waals surface area contributed by atoms with Crippen LogP contribution >= 0.6 is 0 Å². The minimum atomic E-state index is -4.96. The normalized spacial score (nSPS) is 22.6. The monoisotopic (exact) mass is 349 g/mol. The van der Waals surface area contributed by atoms with E-state index in [0.29, 0.717) is 37.3 Å². The first kappa shape index (κ1) is 18.5. The van der Waals surface area contributed by atoms with E-state index >= 15 is 0 Å². The summed E-state index contributed by atoms with van der Waals surface area (Å²) in [5.41, 5.74) is 0. The van der Waals surface area contributed by atoms with Crippen molar-refractivity contribution in [1.82, 2.24) is 14.7 Å². The lowest BCUT2D eigenvalue weighted by Crippen LogP contribution is -2.53. The topological polar surface area (TPSA) is 60.9 Å². The summed E-state index contributed by atoms with van der Waals surface area (Å²) >= 11 is 0. The highest BCUT2D eigenvalue weighted by Gasteiger charge is 2.48. The van der Waals surface area contributed by atoms with Gasteiger partial charge in [0.2, 0.25) is 11.8 Å². The minimum absolute atomic E-state index is 0.00292. The fourth-order valence-corrected chi connectivity index (χ4v) is 3.35. The number of alkyl halides is 3. The third-order valence-corrected chi connectivity index (χ3v) is 4.64. The van der Waals surface area contributed by atoms with Crippen molar-refractivity contribution in [3.05, 3.63) is 0 Å². The average molecular weight is 349 g/mol. The van der Waals surface area contributed by atoms with Gasteiger partial charge in [-0.3, -0.25) is 14.4 Å². The third-order valence-electron chi connectivity index (χ3n) is 4.64. The number of hydrogen-bond donors (Lipinski definition) is 0. The second kappa shape index (κ2) is 6.98. The number of piperidine rings is 1. The van der Waals surface area contributed by atoms with E-state index < -0.39 is 24.0 Å². The Kier molecular flexibility index (Phi) is 5.39. The Morgan fingerprint density at radius 1 is 1.00 bits per heavy atom. The number of hydrogen-bond acceptors (Lipinski definition) is 3. The molecule has 0 N–H and O–H groups in total. The molecule has 2 saturated heterocycles. The van der Waals surface area contributed by atoms with Gasteiger partial charge in [0.25, 0.3) is 0 Å². The SMILES string of the molecule is CN(C)C(=O)C1CCN(C(=O)C2CCCN2C(=O)C(F)(F)F)CC1. The van der Waals surface area contributed by atoms with E-state index in [1.54, 1.807) is 14.1 Å². The molecule has 2 heterocycles. The first-order valence-corrected chi connectivity index (χ1v) is 8.00. The molecule has 2 aliphatic heterocycles. The van der Waals surface area contributed by atoms with Gasteiger partial charge in [-0.15, -0.1) is 0 Å². The van der Waals surface area contributed by atoms with Crippen LogP contribution < -0.4 is 0 Å². The molecule has 0 saturated carbocycles. The second-order valence-electron chi connectivity index (χ2n) is 6.49. The Morgan fingerprint density at radius 2 is 1.58 bits per heavy atom. The Labute approximate surface area is 138 Å². The fraction of sp³-hybridized carbons (Fsp3) is 0.800. The summed E-state index contributed by atoms with van der Waals surface area (Å²) < 4.78 is 37.9. The number of amides is 3. The van der Waals surface area contributed by atoms with Crippen molar-refractivity contribution in [3.63, 3.8) is 0 Å². The zero-order valence-corrected chi connectivity index (χ0v) is 13.8. The summed E-state index contributed by atoms with van der Waals surface area (Å²) in [6.45, 7) is 0.603. The highest BCUT2D eigenvalue weighted by Crippen LogP contribution is 2.28. The van der Waals surface area contributed by atoms with E-state index in [0.717, 1.165) is 0 Å². The highest BCUT2D eigenvalue weighted by atomic mass is 19.4. The molecular weight excluding hydrogens is 327 g/mol. The molecule has 0 radical (unpaired) electrons. The summed E-state index contributed by atoms with van der Waals surface area (Å²) in [5.74, 6) is -2.56. The van der Waals surface area contributed by atoms with E-state index in [1.807, 2.05) is 0 Å². The van der Waals surface area contributed by atoms with Gasteiger partial charge in [0.15, 0.2) is 0 Å². The van der Waals surface area contributed by atoms with Crippen LogP contribution in [0, 0.1) is 5.92 Å². The maximum absolute atomic E-state index is 12.6. The van der Waals surface area contributed by atoms with Crippen molar-refractivity contribution in [2.75, 3.05) is 33.7 Å². The Balaban J connectivity index is 1.97. The van der Waals surface area contributed by atoms with Crippen molar-refractivity contribution in [3.8, 4) is 0 Å². The van der Waals surface area contributed by atoms with Crippen LogP contribution in [0.4, 0.5) is 13.2 Å². The van der Waals surface area contributed by atoms with E-state index in [1.165, 1.54) is 9.80 Å². The molecule has 3 amide bonds. The van der Waals surface area contributed by atoms with Gasteiger partial charge in [0.1, 0.15) is 6.04 Å². The zero-order valence-electron chi connectivity index (χ0n) is 13.8. The zero-order chi connectivity index (χ0) is 18.1. The van der Waals surface area contributed by atoms with Gasteiger partial charge >= 0.3 is 12.1 Å². The number of carbonyl (C=O) groups excluding carboxylic acids is 3. The molecule has 2 aliphatic rings. The highest BCUT2D eigenvalue weighted by molar-refractivity contribution is 5.90. The summed E-state index contributed by atoms with van der Waals surface area (Å²) in [7, 11) is 3.33. The smallest absolute Gasteiger partial charge is 0.349 e. The molecule has 0 bridgehead atoms. The summed E-state index contributed by atoms with van der Waals surface area (Å²) in [6, 6.07) is -1.04. The summed E-state index contributed by atoms with van der Waals surface area (Å²) in [4.78, 5) is 39.5. The average Bonchev–Trinajstić information content (AvgIpc) is 3.01. The van der Waals surface area contributed by atoms with Crippen molar-refractivity contribution >= 4 is 17.7 Å². The van der Waals surface area contributed by atoms with Gasteiger partial charge in [0, 0.05) is 39.6 Å². The minimum Gasteiger partial charge on any atom is -0.349 e.